The molecule has 2 aromatic heterocycles. The fourth-order valence-corrected chi connectivity index (χ4v) is 4.96. The van der Waals surface area contributed by atoms with Crippen LogP contribution in [0.1, 0.15) is 32.1 Å². The van der Waals surface area contributed by atoms with Crippen molar-refractivity contribution in [2.75, 3.05) is 5.75 Å². The molecule has 26 heavy (non-hydrogen) atoms. The molecule has 0 aromatic carbocycles. The van der Waals surface area contributed by atoms with Crippen LogP contribution in [0, 0.1) is 0 Å². The Hall–Kier alpha value is -2.20. The molecule has 1 aliphatic heterocycles. The zero-order valence-corrected chi connectivity index (χ0v) is 15.5. The highest BCUT2D eigenvalue weighted by Crippen LogP contribution is 2.33. The average Bonchev–Trinajstić information content (AvgIpc) is 3.20. The molecule has 0 atom stereocenters. The van der Waals surface area contributed by atoms with Crippen molar-refractivity contribution in [2.24, 2.45) is 0 Å². The number of nitrogens with one attached hydrogen (secondary N) is 2. The minimum atomic E-state index is -0.842. The van der Waals surface area contributed by atoms with Crippen molar-refractivity contribution in [1.82, 2.24) is 25.7 Å². The molecular weight excluding hydrogens is 374 g/mol. The van der Waals surface area contributed by atoms with E-state index in [1.807, 2.05) is 11.4 Å². The van der Waals surface area contributed by atoms with Crippen LogP contribution in [0.2, 0.25) is 0 Å². The van der Waals surface area contributed by atoms with Crippen LogP contribution in [0.5, 0.6) is 0 Å². The SMILES string of the molecule is O=C(CSc1ncnc2sccc12)NN1C(=O)NC2(CCCCC2)C1=O. The van der Waals surface area contributed by atoms with E-state index in [-0.39, 0.29) is 11.7 Å². The second-order valence-corrected chi connectivity index (χ2v) is 8.21. The fourth-order valence-electron chi connectivity index (χ4n) is 3.39. The number of carbonyl (C=O) groups is 3. The fraction of sp³-hybridized carbons (Fsp3) is 0.438. The first-order chi connectivity index (χ1) is 12.6. The van der Waals surface area contributed by atoms with Crippen molar-refractivity contribution in [3.63, 3.8) is 0 Å². The Kier molecular flexibility index (Phi) is 4.53. The lowest BCUT2D eigenvalue weighted by molar-refractivity contribution is -0.139. The molecule has 0 bridgehead atoms. The van der Waals surface area contributed by atoms with E-state index in [1.54, 1.807) is 0 Å². The maximum Gasteiger partial charge on any atom is 0.344 e. The molecule has 2 N–H and O–H groups in total. The zero-order valence-electron chi connectivity index (χ0n) is 13.9. The van der Waals surface area contributed by atoms with Crippen molar-refractivity contribution < 1.29 is 14.4 Å². The highest BCUT2D eigenvalue weighted by atomic mass is 32.2. The first-order valence-electron chi connectivity index (χ1n) is 8.36. The Bertz CT molecular complexity index is 878. The summed E-state index contributed by atoms with van der Waals surface area (Å²) in [5.41, 5.74) is 1.59. The van der Waals surface area contributed by atoms with E-state index in [0.717, 1.165) is 34.5 Å². The van der Waals surface area contributed by atoms with Gasteiger partial charge in [-0.2, -0.15) is 5.01 Å². The number of thiophene rings is 1. The standard InChI is InChI=1S/C16H17N5O3S2/c22-11(8-26-13-10-4-7-25-12(10)17-9-18-13)20-21-14(23)16(19-15(21)24)5-2-1-3-6-16/h4,7,9H,1-3,5-6,8H2,(H,19,24)(H,20,22). The third kappa shape index (κ3) is 3.03. The third-order valence-electron chi connectivity index (χ3n) is 4.67. The summed E-state index contributed by atoms with van der Waals surface area (Å²) in [6.07, 6.45) is 5.56. The van der Waals surface area contributed by atoms with Gasteiger partial charge < -0.3 is 5.32 Å². The van der Waals surface area contributed by atoms with Crippen molar-refractivity contribution in [2.45, 2.75) is 42.7 Å². The Morgan fingerprint density at radius 3 is 2.92 bits per heavy atom. The predicted molar refractivity (Wildman–Crippen MR) is 97.5 cm³/mol. The van der Waals surface area contributed by atoms with Crippen molar-refractivity contribution in [1.29, 1.82) is 0 Å². The number of carbonyl (C=O) groups excluding carboxylic acids is 3. The van der Waals surface area contributed by atoms with Crippen molar-refractivity contribution >= 4 is 51.2 Å². The van der Waals surface area contributed by atoms with Gasteiger partial charge in [0.15, 0.2) is 0 Å². The van der Waals surface area contributed by atoms with Gasteiger partial charge in [-0.25, -0.2) is 14.8 Å². The molecule has 2 fully saturated rings. The summed E-state index contributed by atoms with van der Waals surface area (Å²) >= 11 is 2.75. The zero-order chi connectivity index (χ0) is 18.1. The number of hydrogen-bond acceptors (Lipinski definition) is 7. The molecule has 2 aliphatic rings. The molecule has 4 amide bonds. The molecular formula is C16H17N5O3S2. The van der Waals surface area contributed by atoms with E-state index in [4.69, 9.17) is 0 Å². The number of amides is 4. The first kappa shape index (κ1) is 17.2. The monoisotopic (exact) mass is 391 g/mol. The number of hydrazine groups is 1. The summed E-state index contributed by atoms with van der Waals surface area (Å²) in [4.78, 5) is 46.3. The number of imide groups is 1. The van der Waals surface area contributed by atoms with Gasteiger partial charge in [-0.15, -0.1) is 11.3 Å². The van der Waals surface area contributed by atoms with Gasteiger partial charge in [-0.05, 0) is 24.3 Å². The van der Waals surface area contributed by atoms with Crippen LogP contribution in [-0.4, -0.2) is 44.1 Å². The van der Waals surface area contributed by atoms with Crippen LogP contribution in [0.15, 0.2) is 22.8 Å². The van der Waals surface area contributed by atoms with Crippen molar-refractivity contribution in [3.8, 4) is 0 Å². The Balaban J connectivity index is 1.39. The summed E-state index contributed by atoms with van der Waals surface area (Å²) in [5, 5.41) is 7.11. The second-order valence-electron chi connectivity index (χ2n) is 6.36. The topological polar surface area (TPSA) is 104 Å². The largest absolute Gasteiger partial charge is 0.344 e. The molecule has 8 nitrogen and oxygen atoms in total. The van der Waals surface area contributed by atoms with Gasteiger partial charge in [0.25, 0.3) is 5.91 Å². The maximum atomic E-state index is 12.6. The number of rotatable bonds is 4. The number of urea groups is 1. The van der Waals surface area contributed by atoms with Gasteiger partial charge in [0.1, 0.15) is 21.7 Å². The summed E-state index contributed by atoms with van der Waals surface area (Å²) in [6.45, 7) is 0. The second kappa shape index (κ2) is 6.84. The molecule has 4 rings (SSSR count). The lowest BCUT2D eigenvalue weighted by Gasteiger charge is -2.30. The van der Waals surface area contributed by atoms with Crippen LogP contribution >= 0.6 is 23.1 Å². The minimum absolute atomic E-state index is 0.0476. The summed E-state index contributed by atoms with van der Waals surface area (Å²) < 4.78 is 0. The normalized spacial score (nSPS) is 19.2. The van der Waals surface area contributed by atoms with Gasteiger partial charge in [0.05, 0.1) is 5.75 Å². The van der Waals surface area contributed by atoms with Gasteiger partial charge in [0.2, 0.25) is 5.91 Å². The molecule has 0 unspecified atom stereocenters. The molecule has 1 aliphatic carbocycles. The average molecular weight is 391 g/mol. The highest BCUT2D eigenvalue weighted by Gasteiger charge is 2.52. The van der Waals surface area contributed by atoms with Crippen LogP contribution < -0.4 is 10.7 Å². The Labute approximate surface area is 157 Å². The van der Waals surface area contributed by atoms with Crippen LogP contribution in [0.3, 0.4) is 0 Å². The molecule has 0 radical (unpaired) electrons. The number of hydrogen-bond donors (Lipinski definition) is 2. The lowest BCUT2D eigenvalue weighted by Crippen LogP contribution is -2.51. The van der Waals surface area contributed by atoms with Gasteiger partial charge >= 0.3 is 6.03 Å². The van der Waals surface area contributed by atoms with Crippen LogP contribution in [-0.2, 0) is 9.59 Å². The van der Waals surface area contributed by atoms with E-state index < -0.39 is 17.5 Å². The molecule has 1 saturated heterocycles. The first-order valence-corrected chi connectivity index (χ1v) is 10.2. The van der Waals surface area contributed by atoms with Gasteiger partial charge in [-0.1, -0.05) is 31.0 Å². The molecule has 3 heterocycles. The highest BCUT2D eigenvalue weighted by molar-refractivity contribution is 8.00. The predicted octanol–water partition coefficient (Wildman–Crippen LogP) is 2.07. The summed E-state index contributed by atoms with van der Waals surface area (Å²) in [6, 6.07) is 1.35. The maximum absolute atomic E-state index is 12.6. The molecule has 10 heteroatoms. The van der Waals surface area contributed by atoms with E-state index in [0.29, 0.717) is 17.9 Å². The Morgan fingerprint density at radius 1 is 1.31 bits per heavy atom. The lowest BCUT2D eigenvalue weighted by atomic mass is 9.82. The quantitative estimate of drug-likeness (QED) is 0.470. The molecule has 1 saturated carbocycles. The third-order valence-corrected chi connectivity index (χ3v) is 6.50. The van der Waals surface area contributed by atoms with E-state index >= 15 is 0 Å². The molecule has 1 spiro atoms. The van der Waals surface area contributed by atoms with E-state index in [2.05, 4.69) is 20.7 Å². The Morgan fingerprint density at radius 2 is 2.12 bits per heavy atom. The van der Waals surface area contributed by atoms with E-state index in [9.17, 15) is 14.4 Å². The number of nitrogens with zero attached hydrogens (tertiary/aromatic N) is 3. The number of thioether (sulfide) groups is 1. The van der Waals surface area contributed by atoms with E-state index in [1.165, 1.54) is 29.4 Å². The molecule has 136 valence electrons. The smallest absolute Gasteiger partial charge is 0.322 e. The van der Waals surface area contributed by atoms with Gasteiger partial charge in [-0.3, -0.25) is 15.0 Å². The minimum Gasteiger partial charge on any atom is -0.322 e. The summed E-state index contributed by atoms with van der Waals surface area (Å²) in [7, 11) is 0. The number of fused-ring (bicyclic) bond motifs is 1. The van der Waals surface area contributed by atoms with Crippen LogP contribution in [0.4, 0.5) is 4.79 Å². The van der Waals surface area contributed by atoms with Gasteiger partial charge in [0, 0.05) is 5.39 Å². The van der Waals surface area contributed by atoms with Crippen LogP contribution in [0.25, 0.3) is 10.2 Å². The summed E-state index contributed by atoms with van der Waals surface area (Å²) in [5.74, 6) is -0.734. The number of aromatic nitrogens is 2. The van der Waals surface area contributed by atoms with Crippen molar-refractivity contribution in [3.05, 3.63) is 17.8 Å². The molecule has 2 aromatic rings.